The first-order valence-electron chi connectivity index (χ1n) is 13.1. The molecule has 9 nitrogen and oxygen atoms in total. The number of amides is 2. The highest BCUT2D eigenvalue weighted by molar-refractivity contribution is 6.30. The third kappa shape index (κ3) is 5.87. The van der Waals surface area contributed by atoms with Gasteiger partial charge in [-0.15, -0.1) is 0 Å². The zero-order valence-corrected chi connectivity index (χ0v) is 23.0. The Hall–Kier alpha value is -4.26. The first-order chi connectivity index (χ1) is 20.0. The quantitative estimate of drug-likeness (QED) is 0.309. The topological polar surface area (TPSA) is 111 Å². The zero-order chi connectivity index (χ0) is 30.2. The van der Waals surface area contributed by atoms with Gasteiger partial charge in [-0.1, -0.05) is 11.6 Å². The number of alkyl halides is 3. The summed E-state index contributed by atoms with van der Waals surface area (Å²) < 4.78 is 57.2. The molecule has 1 aliphatic rings. The maximum absolute atomic E-state index is 14.3. The van der Waals surface area contributed by atoms with Crippen molar-refractivity contribution < 1.29 is 27.2 Å². The van der Waals surface area contributed by atoms with Gasteiger partial charge in [0.05, 0.1) is 33.5 Å². The van der Waals surface area contributed by atoms with E-state index < -0.39 is 34.8 Å². The fraction of sp³-hybridized carbons (Fsp3) is 0.321. The van der Waals surface area contributed by atoms with Crippen LogP contribution in [0.25, 0.3) is 16.7 Å². The summed E-state index contributed by atoms with van der Waals surface area (Å²) in [4.78, 5) is 45.6. The van der Waals surface area contributed by atoms with Gasteiger partial charge in [0.2, 0.25) is 0 Å². The molecule has 0 atom stereocenters. The van der Waals surface area contributed by atoms with Crippen molar-refractivity contribution in [3.05, 3.63) is 87.1 Å². The predicted octanol–water partition coefficient (Wildman–Crippen LogP) is 4.74. The molecule has 1 fully saturated rings. The Morgan fingerprint density at radius 1 is 1.00 bits per heavy atom. The average Bonchev–Trinajstić information content (AvgIpc) is 3.22. The lowest BCUT2D eigenvalue weighted by molar-refractivity contribution is -0.141. The summed E-state index contributed by atoms with van der Waals surface area (Å²) in [5.41, 5.74) is -0.923. The number of nitrogens with zero attached hydrogens (tertiary/aromatic N) is 4. The third-order valence-corrected chi connectivity index (χ3v) is 7.55. The molecule has 3 aromatic heterocycles. The van der Waals surface area contributed by atoms with Crippen LogP contribution in [-0.2, 0) is 12.7 Å². The maximum atomic E-state index is 14.3. The van der Waals surface area contributed by atoms with E-state index in [1.54, 1.807) is 6.07 Å². The Bertz CT molecular complexity index is 1710. The van der Waals surface area contributed by atoms with Crippen LogP contribution in [0.5, 0.6) is 0 Å². The van der Waals surface area contributed by atoms with Gasteiger partial charge in [0.25, 0.3) is 11.8 Å². The maximum Gasteiger partial charge on any atom is 0.434 e. The molecule has 0 aliphatic heterocycles. The van der Waals surface area contributed by atoms with Crippen LogP contribution in [0.15, 0.2) is 53.6 Å². The lowest BCUT2D eigenvalue weighted by Crippen LogP contribution is -2.39. The van der Waals surface area contributed by atoms with E-state index >= 15 is 0 Å². The van der Waals surface area contributed by atoms with Crippen LogP contribution < -0.4 is 16.3 Å². The summed E-state index contributed by atoms with van der Waals surface area (Å²) in [6.45, 7) is 0.270. The van der Waals surface area contributed by atoms with E-state index in [1.807, 2.05) is 0 Å². The van der Waals surface area contributed by atoms with Crippen molar-refractivity contribution in [2.45, 2.75) is 44.4 Å². The molecular weight excluding hydrogens is 580 g/mol. The van der Waals surface area contributed by atoms with E-state index in [2.05, 4.69) is 20.6 Å². The minimum atomic E-state index is -4.82. The van der Waals surface area contributed by atoms with Crippen molar-refractivity contribution in [2.24, 2.45) is 5.92 Å². The molecule has 2 amide bonds. The second kappa shape index (κ2) is 11.6. The molecule has 3 heterocycles. The zero-order valence-electron chi connectivity index (χ0n) is 22.2. The molecule has 0 saturated heterocycles. The molecule has 14 heteroatoms. The first-order valence-corrected chi connectivity index (χ1v) is 13.5. The normalized spacial score (nSPS) is 17.3. The number of carbonyl (C=O) groups excluding carboxylic acids is 2. The molecule has 0 radical (unpaired) electrons. The van der Waals surface area contributed by atoms with Gasteiger partial charge in [-0.3, -0.25) is 18.7 Å². The number of nitrogens with one attached hydrogen (secondary N) is 2. The molecule has 0 unspecified atom stereocenters. The SMILES string of the molecule is CNC(=O)c1ccc(-n2c(=O)n(CC3CCC(NC(=O)c4cc(Cl)cnc4C(F)(F)F)CC3)c3cc(F)ccc32)cn1. The molecule has 1 aliphatic carbocycles. The molecule has 4 aromatic rings. The van der Waals surface area contributed by atoms with Crippen molar-refractivity contribution in [3.63, 3.8) is 0 Å². The highest BCUT2D eigenvalue weighted by Crippen LogP contribution is 2.32. The van der Waals surface area contributed by atoms with Crippen LogP contribution in [0.4, 0.5) is 17.6 Å². The smallest absolute Gasteiger partial charge is 0.354 e. The number of hydrogen-bond donors (Lipinski definition) is 2. The van der Waals surface area contributed by atoms with Gasteiger partial charge in [0, 0.05) is 25.8 Å². The Morgan fingerprint density at radius 3 is 2.38 bits per heavy atom. The Morgan fingerprint density at radius 2 is 1.74 bits per heavy atom. The highest BCUT2D eigenvalue weighted by atomic mass is 35.5. The Kier molecular flexibility index (Phi) is 8.04. The van der Waals surface area contributed by atoms with E-state index in [9.17, 15) is 31.9 Å². The van der Waals surface area contributed by atoms with Crippen LogP contribution in [0.2, 0.25) is 5.02 Å². The number of carbonyl (C=O) groups is 2. The van der Waals surface area contributed by atoms with E-state index in [0.29, 0.717) is 42.4 Å². The van der Waals surface area contributed by atoms with Gasteiger partial charge in [-0.2, -0.15) is 13.2 Å². The van der Waals surface area contributed by atoms with E-state index in [1.165, 1.54) is 46.6 Å². The number of fused-ring (bicyclic) bond motifs is 1. The van der Waals surface area contributed by atoms with Crippen LogP contribution >= 0.6 is 11.6 Å². The van der Waals surface area contributed by atoms with E-state index in [4.69, 9.17) is 11.6 Å². The number of hydrogen-bond acceptors (Lipinski definition) is 5. The number of imidazole rings is 1. The minimum Gasteiger partial charge on any atom is -0.354 e. The van der Waals surface area contributed by atoms with Crippen molar-refractivity contribution in [3.8, 4) is 5.69 Å². The van der Waals surface area contributed by atoms with Gasteiger partial charge < -0.3 is 10.6 Å². The second-order valence-corrected chi connectivity index (χ2v) is 10.5. The highest BCUT2D eigenvalue weighted by Gasteiger charge is 2.38. The van der Waals surface area contributed by atoms with Crippen molar-refractivity contribution in [2.75, 3.05) is 7.05 Å². The number of halogens is 5. The molecule has 5 rings (SSSR count). The number of aromatic nitrogens is 4. The number of pyridine rings is 2. The first kappa shape index (κ1) is 29.2. The summed E-state index contributed by atoms with van der Waals surface area (Å²) >= 11 is 5.80. The lowest BCUT2D eigenvalue weighted by atomic mass is 9.85. The molecular formula is C28H25ClF4N6O3. The molecule has 42 heavy (non-hydrogen) atoms. The average molecular weight is 605 g/mol. The summed E-state index contributed by atoms with van der Waals surface area (Å²) in [6, 6.07) is 7.67. The summed E-state index contributed by atoms with van der Waals surface area (Å²) in [5, 5.41) is 5.05. The largest absolute Gasteiger partial charge is 0.434 e. The molecule has 2 N–H and O–H groups in total. The van der Waals surface area contributed by atoms with Crippen LogP contribution in [0.1, 0.15) is 52.2 Å². The third-order valence-electron chi connectivity index (χ3n) is 7.35. The van der Waals surface area contributed by atoms with Gasteiger partial charge in [0.15, 0.2) is 5.69 Å². The molecule has 0 bridgehead atoms. The summed E-state index contributed by atoms with van der Waals surface area (Å²) in [7, 11) is 1.48. The van der Waals surface area contributed by atoms with E-state index in [-0.39, 0.29) is 35.1 Å². The summed E-state index contributed by atoms with van der Waals surface area (Å²) in [5.74, 6) is -1.81. The molecule has 0 spiro atoms. The van der Waals surface area contributed by atoms with Gasteiger partial charge in [-0.05, 0) is 68.0 Å². The Balaban J connectivity index is 1.33. The van der Waals surface area contributed by atoms with Crippen LogP contribution in [-0.4, -0.2) is 44.0 Å². The lowest BCUT2D eigenvalue weighted by Gasteiger charge is -2.29. The molecule has 1 saturated carbocycles. The van der Waals surface area contributed by atoms with Gasteiger partial charge >= 0.3 is 11.9 Å². The molecule has 220 valence electrons. The standard InChI is InChI=1S/C28H25ClF4N6O3/c1-34-26(41)21-8-7-19(13-35-21)39-22-9-4-17(30)11-23(22)38(27(39)42)14-15-2-5-18(6-3-15)37-25(40)20-10-16(29)12-36-24(20)28(31,32)33/h4,7-13,15,18H,2-3,5-6,14H2,1H3,(H,34,41)(H,37,40). The van der Waals surface area contributed by atoms with Crippen molar-refractivity contribution in [1.29, 1.82) is 0 Å². The number of rotatable bonds is 6. The Labute approximate surface area is 241 Å². The fourth-order valence-electron chi connectivity index (χ4n) is 5.28. The monoisotopic (exact) mass is 604 g/mol. The molecule has 1 aromatic carbocycles. The fourth-order valence-corrected chi connectivity index (χ4v) is 5.44. The minimum absolute atomic E-state index is 0.00880. The van der Waals surface area contributed by atoms with Crippen LogP contribution in [0.3, 0.4) is 0 Å². The predicted molar refractivity (Wildman–Crippen MR) is 146 cm³/mol. The van der Waals surface area contributed by atoms with Gasteiger partial charge in [0.1, 0.15) is 11.5 Å². The van der Waals surface area contributed by atoms with Crippen molar-refractivity contribution >= 4 is 34.4 Å². The van der Waals surface area contributed by atoms with E-state index in [0.717, 1.165) is 12.3 Å². The summed E-state index contributed by atoms with van der Waals surface area (Å²) in [6.07, 6.45) is -0.497. The van der Waals surface area contributed by atoms with Gasteiger partial charge in [-0.25, -0.2) is 19.2 Å². The van der Waals surface area contributed by atoms with Crippen molar-refractivity contribution in [1.82, 2.24) is 29.7 Å². The van der Waals surface area contributed by atoms with Crippen LogP contribution in [0, 0.1) is 11.7 Å². The number of benzene rings is 1. The second-order valence-electron chi connectivity index (χ2n) is 10.1.